The van der Waals surface area contributed by atoms with Crippen molar-refractivity contribution in [3.8, 4) is 0 Å². The predicted molar refractivity (Wildman–Crippen MR) is 40.9 cm³/mol. The maximum absolute atomic E-state index is 12.3. The van der Waals surface area contributed by atoms with Gasteiger partial charge in [-0.05, 0) is 0 Å². The number of aromatic nitrogens is 4. The molecule has 0 spiro atoms. The highest BCUT2D eigenvalue weighted by Gasteiger charge is 2.08. The van der Waals surface area contributed by atoms with Crippen molar-refractivity contribution in [1.82, 2.24) is 20.2 Å². The first-order chi connectivity index (χ1) is 5.83. The van der Waals surface area contributed by atoms with Crippen LogP contribution >= 0.6 is 0 Å². The minimum Gasteiger partial charge on any atom is -0.383 e. The normalized spacial score (nSPS) is 10.8. The highest BCUT2D eigenvalue weighted by Crippen LogP contribution is 2.18. The summed E-state index contributed by atoms with van der Waals surface area (Å²) in [5, 5.41) is 6.72. The number of fused-ring (bicyclic) bond motifs is 1. The van der Waals surface area contributed by atoms with E-state index >= 15 is 0 Å². The molecule has 0 bridgehead atoms. The number of rotatable bonds is 1. The van der Waals surface area contributed by atoms with E-state index in [1.54, 1.807) is 0 Å². The molecule has 0 radical (unpaired) electrons. The second kappa shape index (κ2) is 2.40. The molecule has 5 nitrogen and oxygen atoms in total. The van der Waals surface area contributed by atoms with Gasteiger partial charge in [-0.25, -0.2) is 14.4 Å². The highest BCUT2D eigenvalue weighted by atomic mass is 19.1. The molecule has 0 saturated heterocycles. The van der Waals surface area contributed by atoms with Crippen LogP contribution in [0.4, 0.5) is 10.2 Å². The molecular formula is C6H6FN5. The summed E-state index contributed by atoms with van der Waals surface area (Å²) in [6.07, 6.45) is 1.29. The van der Waals surface area contributed by atoms with E-state index < -0.39 is 6.67 Å². The third kappa shape index (κ3) is 0.810. The molecule has 0 saturated carbocycles. The number of halogens is 1. The fourth-order valence-electron chi connectivity index (χ4n) is 1.04. The van der Waals surface area contributed by atoms with Crippen molar-refractivity contribution >= 4 is 16.9 Å². The molecule has 12 heavy (non-hydrogen) atoms. The number of H-pyrrole nitrogens is 1. The fourth-order valence-corrected chi connectivity index (χ4v) is 1.04. The second-order valence-electron chi connectivity index (χ2n) is 2.29. The van der Waals surface area contributed by atoms with Crippen molar-refractivity contribution in [3.63, 3.8) is 0 Å². The SMILES string of the molecule is Nc1ncnc2n[nH]c(CF)c12. The summed E-state index contributed by atoms with van der Waals surface area (Å²) in [6.45, 7) is -0.645. The number of nitrogens with two attached hydrogens (primary N) is 1. The molecule has 0 aliphatic heterocycles. The number of hydrogen-bond acceptors (Lipinski definition) is 4. The minimum atomic E-state index is -0.645. The second-order valence-corrected chi connectivity index (χ2v) is 2.29. The summed E-state index contributed by atoms with van der Waals surface area (Å²) in [5.74, 6) is 0.251. The van der Waals surface area contributed by atoms with Gasteiger partial charge in [-0.2, -0.15) is 5.10 Å². The van der Waals surface area contributed by atoms with Gasteiger partial charge >= 0.3 is 0 Å². The van der Waals surface area contributed by atoms with Crippen molar-refractivity contribution in [3.05, 3.63) is 12.0 Å². The number of anilines is 1. The Morgan fingerprint density at radius 2 is 2.33 bits per heavy atom. The van der Waals surface area contributed by atoms with Gasteiger partial charge in [0.2, 0.25) is 0 Å². The fraction of sp³-hybridized carbons (Fsp3) is 0.167. The zero-order valence-corrected chi connectivity index (χ0v) is 6.08. The van der Waals surface area contributed by atoms with E-state index in [4.69, 9.17) is 5.73 Å². The molecule has 0 fully saturated rings. The van der Waals surface area contributed by atoms with Gasteiger partial charge in [0.05, 0.1) is 11.1 Å². The molecule has 62 valence electrons. The molecule has 0 atom stereocenters. The van der Waals surface area contributed by atoms with Crippen LogP contribution in [0.5, 0.6) is 0 Å². The Kier molecular flexibility index (Phi) is 1.39. The van der Waals surface area contributed by atoms with Gasteiger partial charge in [0.25, 0.3) is 0 Å². The van der Waals surface area contributed by atoms with Crippen LogP contribution in [0.15, 0.2) is 6.33 Å². The van der Waals surface area contributed by atoms with Crippen molar-refractivity contribution in [2.24, 2.45) is 0 Å². The Morgan fingerprint density at radius 3 is 3.08 bits per heavy atom. The third-order valence-corrected chi connectivity index (χ3v) is 1.59. The summed E-state index contributed by atoms with van der Waals surface area (Å²) in [7, 11) is 0. The van der Waals surface area contributed by atoms with Crippen molar-refractivity contribution in [1.29, 1.82) is 0 Å². The van der Waals surface area contributed by atoms with Crippen LogP contribution in [0, 0.1) is 0 Å². The van der Waals surface area contributed by atoms with Crippen molar-refractivity contribution < 1.29 is 4.39 Å². The third-order valence-electron chi connectivity index (χ3n) is 1.59. The van der Waals surface area contributed by atoms with Gasteiger partial charge in [0.1, 0.15) is 18.8 Å². The van der Waals surface area contributed by atoms with Gasteiger partial charge < -0.3 is 5.73 Å². The number of alkyl halides is 1. The summed E-state index contributed by atoms with van der Waals surface area (Å²) in [5.41, 5.74) is 6.22. The monoisotopic (exact) mass is 167 g/mol. The van der Waals surface area contributed by atoms with E-state index in [9.17, 15) is 4.39 Å². The zero-order valence-electron chi connectivity index (χ0n) is 6.08. The van der Waals surface area contributed by atoms with Crippen LogP contribution in [0.25, 0.3) is 11.0 Å². The highest BCUT2D eigenvalue weighted by molar-refractivity contribution is 5.87. The number of nitrogens with one attached hydrogen (secondary N) is 1. The minimum absolute atomic E-state index is 0.251. The van der Waals surface area contributed by atoms with Crippen LogP contribution in [0.3, 0.4) is 0 Å². The van der Waals surface area contributed by atoms with Crippen LogP contribution in [-0.4, -0.2) is 20.2 Å². The number of nitrogen functional groups attached to an aromatic ring is 1. The topological polar surface area (TPSA) is 80.5 Å². The first kappa shape index (κ1) is 6.96. The largest absolute Gasteiger partial charge is 0.383 e. The quantitative estimate of drug-likeness (QED) is 0.644. The zero-order chi connectivity index (χ0) is 8.55. The lowest BCUT2D eigenvalue weighted by Crippen LogP contribution is -1.93. The van der Waals surface area contributed by atoms with Gasteiger partial charge in [-0.1, -0.05) is 0 Å². The lowest BCUT2D eigenvalue weighted by molar-refractivity contribution is 0.477. The van der Waals surface area contributed by atoms with Gasteiger partial charge in [0, 0.05) is 0 Å². The van der Waals surface area contributed by atoms with Crippen molar-refractivity contribution in [2.75, 3.05) is 5.73 Å². The molecule has 0 unspecified atom stereocenters. The van der Waals surface area contributed by atoms with Crippen LogP contribution in [0.2, 0.25) is 0 Å². The Balaban J connectivity index is 2.83. The van der Waals surface area contributed by atoms with E-state index in [1.807, 2.05) is 0 Å². The lowest BCUT2D eigenvalue weighted by atomic mass is 10.3. The Hall–Kier alpha value is -1.72. The van der Waals surface area contributed by atoms with Gasteiger partial charge in [-0.15, -0.1) is 0 Å². The average Bonchev–Trinajstić information content (AvgIpc) is 2.49. The standard InChI is InChI=1S/C6H6FN5/c7-1-3-4-5(8)9-2-10-6(4)12-11-3/h2H,1H2,(H3,8,9,10,11,12). The molecule has 2 aromatic heterocycles. The molecule has 2 rings (SSSR count). The van der Waals surface area contributed by atoms with Crippen LogP contribution in [0.1, 0.15) is 5.69 Å². The number of aromatic amines is 1. The van der Waals surface area contributed by atoms with Gasteiger partial charge in [0.15, 0.2) is 5.65 Å². The van der Waals surface area contributed by atoms with E-state index in [-0.39, 0.29) is 5.82 Å². The molecular weight excluding hydrogens is 161 g/mol. The average molecular weight is 167 g/mol. The summed E-state index contributed by atoms with van der Waals surface area (Å²) in [6, 6.07) is 0. The van der Waals surface area contributed by atoms with Crippen molar-refractivity contribution in [2.45, 2.75) is 6.67 Å². The maximum atomic E-state index is 12.3. The molecule has 2 aromatic rings. The molecule has 0 aromatic carbocycles. The molecule has 0 aliphatic rings. The Morgan fingerprint density at radius 1 is 1.50 bits per heavy atom. The molecule has 6 heteroatoms. The first-order valence-corrected chi connectivity index (χ1v) is 3.32. The number of nitrogens with zero attached hydrogens (tertiary/aromatic N) is 3. The summed E-state index contributed by atoms with van der Waals surface area (Å²) >= 11 is 0. The van der Waals surface area contributed by atoms with Gasteiger partial charge in [-0.3, -0.25) is 5.10 Å². The molecule has 2 heterocycles. The lowest BCUT2D eigenvalue weighted by Gasteiger charge is -1.93. The summed E-state index contributed by atoms with van der Waals surface area (Å²) < 4.78 is 12.3. The Labute approximate surface area is 66.8 Å². The van der Waals surface area contributed by atoms with E-state index in [0.717, 1.165) is 0 Å². The smallest absolute Gasteiger partial charge is 0.186 e. The summed E-state index contributed by atoms with van der Waals surface area (Å²) in [4.78, 5) is 7.54. The number of hydrogen-bond donors (Lipinski definition) is 2. The maximum Gasteiger partial charge on any atom is 0.186 e. The van der Waals surface area contributed by atoms with E-state index in [2.05, 4.69) is 20.2 Å². The Bertz CT molecular complexity index is 409. The van der Waals surface area contributed by atoms with Crippen LogP contribution in [-0.2, 0) is 6.67 Å². The molecule has 3 N–H and O–H groups in total. The van der Waals surface area contributed by atoms with E-state index in [0.29, 0.717) is 16.7 Å². The molecule has 0 amide bonds. The first-order valence-electron chi connectivity index (χ1n) is 3.32. The molecule has 0 aliphatic carbocycles. The predicted octanol–water partition coefficient (Wildman–Crippen LogP) is 0.405. The van der Waals surface area contributed by atoms with Crippen LogP contribution < -0.4 is 5.73 Å². The van der Waals surface area contributed by atoms with E-state index in [1.165, 1.54) is 6.33 Å².